The van der Waals surface area contributed by atoms with Gasteiger partial charge in [0.2, 0.25) is 11.7 Å². The second kappa shape index (κ2) is 11.1. The normalized spacial score (nSPS) is 13.5. The molecule has 0 bridgehead atoms. The smallest absolute Gasteiger partial charge is 0.252 e. The quantitative estimate of drug-likeness (QED) is 0.361. The number of ether oxygens (including phenoxy) is 3. The number of methoxy groups -OCH3 is 3. The summed E-state index contributed by atoms with van der Waals surface area (Å²) in [4.78, 5) is 33.6. The van der Waals surface area contributed by atoms with Gasteiger partial charge < -0.3 is 29.0 Å². The summed E-state index contributed by atoms with van der Waals surface area (Å²) < 4.78 is 18.1. The summed E-state index contributed by atoms with van der Waals surface area (Å²) in [6, 6.07) is 18.4. The zero-order valence-corrected chi connectivity index (χ0v) is 22.6. The minimum absolute atomic E-state index is 0.0188. The molecule has 5 rings (SSSR count). The summed E-state index contributed by atoms with van der Waals surface area (Å²) in [5.74, 6) is 1.41. The summed E-state index contributed by atoms with van der Waals surface area (Å²) in [5, 5.41) is 3.02. The van der Waals surface area contributed by atoms with Crippen LogP contribution in [0.3, 0.4) is 0 Å². The molecule has 2 heterocycles. The number of hydrogen-bond donors (Lipinski definition) is 1. The van der Waals surface area contributed by atoms with E-state index in [1.807, 2.05) is 58.9 Å². The summed E-state index contributed by atoms with van der Waals surface area (Å²) in [6.07, 6.45) is 1.88. The predicted octanol–water partition coefficient (Wildman–Crippen LogP) is 4.53. The molecule has 0 radical (unpaired) electrons. The molecule has 1 aliphatic heterocycles. The number of aromatic nitrogens is 2. The Morgan fingerprint density at radius 2 is 1.67 bits per heavy atom. The van der Waals surface area contributed by atoms with Gasteiger partial charge in [-0.2, -0.15) is 0 Å². The van der Waals surface area contributed by atoms with Crippen LogP contribution in [0, 0.1) is 0 Å². The van der Waals surface area contributed by atoms with Crippen molar-refractivity contribution in [2.24, 2.45) is 0 Å². The van der Waals surface area contributed by atoms with Crippen molar-refractivity contribution in [1.82, 2.24) is 14.9 Å². The fourth-order valence-corrected chi connectivity index (χ4v) is 5.16. The van der Waals surface area contributed by atoms with Crippen molar-refractivity contribution in [3.63, 3.8) is 0 Å². The summed E-state index contributed by atoms with van der Waals surface area (Å²) in [7, 11) is 4.51. The van der Waals surface area contributed by atoms with Crippen LogP contribution in [0.15, 0.2) is 60.7 Å². The molecule has 39 heavy (non-hydrogen) atoms. The van der Waals surface area contributed by atoms with Crippen LogP contribution < -0.4 is 24.4 Å². The van der Waals surface area contributed by atoms with Crippen molar-refractivity contribution in [3.8, 4) is 17.2 Å². The van der Waals surface area contributed by atoms with Crippen LogP contribution in [0.4, 0.5) is 5.69 Å². The van der Waals surface area contributed by atoms with Gasteiger partial charge in [-0.25, -0.2) is 4.98 Å². The number of aryl methyl sites for hydroxylation is 1. The molecular formula is C30H32N4O5. The first-order valence-electron chi connectivity index (χ1n) is 12.9. The number of amides is 2. The lowest BCUT2D eigenvalue weighted by Gasteiger charge is -2.30. The number of carbonyl (C=O) groups excluding carboxylic acids is 2. The molecule has 2 amide bonds. The van der Waals surface area contributed by atoms with Gasteiger partial charge in [-0.15, -0.1) is 0 Å². The highest BCUT2D eigenvalue weighted by molar-refractivity contribution is 5.96. The molecule has 4 aromatic rings. The number of carbonyl (C=O) groups is 2. The highest BCUT2D eigenvalue weighted by Gasteiger charge is 2.26. The lowest BCUT2D eigenvalue weighted by Crippen LogP contribution is -2.38. The Hall–Kier alpha value is -4.53. The first-order chi connectivity index (χ1) is 18.9. The molecule has 0 fully saturated rings. The fourth-order valence-electron chi connectivity index (χ4n) is 5.16. The van der Waals surface area contributed by atoms with E-state index >= 15 is 0 Å². The van der Waals surface area contributed by atoms with E-state index in [4.69, 9.17) is 19.2 Å². The number of rotatable bonds is 8. The van der Waals surface area contributed by atoms with Crippen LogP contribution in [-0.4, -0.2) is 49.2 Å². The third kappa shape index (κ3) is 4.99. The molecule has 1 N–H and O–H groups in total. The van der Waals surface area contributed by atoms with E-state index in [1.165, 1.54) is 26.9 Å². The van der Waals surface area contributed by atoms with Crippen molar-refractivity contribution in [3.05, 3.63) is 77.6 Å². The third-order valence-corrected chi connectivity index (χ3v) is 7.05. The number of anilines is 1. The summed E-state index contributed by atoms with van der Waals surface area (Å²) in [5.41, 5.74) is 4.08. The topological polar surface area (TPSA) is 94.9 Å². The minimum atomic E-state index is -0.495. The molecule has 1 aromatic heterocycles. The molecule has 0 aliphatic carbocycles. The molecule has 1 aliphatic rings. The molecule has 9 heteroatoms. The predicted molar refractivity (Wildman–Crippen MR) is 149 cm³/mol. The number of hydrogen-bond acceptors (Lipinski definition) is 6. The van der Waals surface area contributed by atoms with Gasteiger partial charge >= 0.3 is 0 Å². The number of imidazole rings is 1. The first-order valence-corrected chi connectivity index (χ1v) is 12.9. The number of fused-ring (bicyclic) bond motifs is 2. The molecule has 0 saturated carbocycles. The maximum Gasteiger partial charge on any atom is 0.252 e. The van der Waals surface area contributed by atoms with Crippen molar-refractivity contribution in [2.75, 3.05) is 32.8 Å². The number of benzene rings is 3. The van der Waals surface area contributed by atoms with Crippen molar-refractivity contribution >= 4 is 28.5 Å². The SMILES string of the molecule is COc1cc(C(=O)NC(C)c2nc3ccccc3n2CC(=O)N2CCCc3ccccc32)cc(OC)c1OC. The Morgan fingerprint density at radius 1 is 0.974 bits per heavy atom. The van der Waals surface area contributed by atoms with E-state index in [0.717, 1.165) is 29.6 Å². The monoisotopic (exact) mass is 528 g/mol. The van der Waals surface area contributed by atoms with Gasteiger partial charge in [0.05, 0.1) is 38.4 Å². The Bertz CT molecular complexity index is 1500. The highest BCUT2D eigenvalue weighted by atomic mass is 16.5. The van der Waals surface area contributed by atoms with Gasteiger partial charge in [0.15, 0.2) is 11.5 Å². The van der Waals surface area contributed by atoms with Crippen LogP contribution in [0.1, 0.15) is 41.1 Å². The van der Waals surface area contributed by atoms with Crippen LogP contribution in [0.5, 0.6) is 17.2 Å². The average Bonchev–Trinajstić information content (AvgIpc) is 3.34. The third-order valence-electron chi connectivity index (χ3n) is 7.05. The summed E-state index contributed by atoms with van der Waals surface area (Å²) in [6.45, 7) is 2.63. The van der Waals surface area contributed by atoms with E-state index in [0.29, 0.717) is 35.2 Å². The molecule has 0 spiro atoms. The van der Waals surface area contributed by atoms with Crippen molar-refractivity contribution < 1.29 is 23.8 Å². The Morgan fingerprint density at radius 3 is 2.38 bits per heavy atom. The lowest BCUT2D eigenvalue weighted by atomic mass is 10.0. The van der Waals surface area contributed by atoms with Crippen LogP contribution >= 0.6 is 0 Å². The van der Waals surface area contributed by atoms with Gasteiger partial charge in [-0.3, -0.25) is 9.59 Å². The number of nitrogens with one attached hydrogen (secondary N) is 1. The zero-order valence-electron chi connectivity index (χ0n) is 22.6. The van der Waals surface area contributed by atoms with Crippen LogP contribution in [0.25, 0.3) is 11.0 Å². The van der Waals surface area contributed by atoms with Crippen LogP contribution in [-0.2, 0) is 17.8 Å². The van der Waals surface area contributed by atoms with E-state index in [1.54, 1.807) is 12.1 Å². The summed E-state index contributed by atoms with van der Waals surface area (Å²) >= 11 is 0. The van der Waals surface area contributed by atoms with Gasteiger partial charge in [0.25, 0.3) is 5.91 Å². The molecule has 9 nitrogen and oxygen atoms in total. The molecular weight excluding hydrogens is 496 g/mol. The molecule has 3 aromatic carbocycles. The van der Waals surface area contributed by atoms with Gasteiger partial charge in [-0.05, 0) is 55.7 Å². The Kier molecular flexibility index (Phi) is 7.40. The second-order valence-electron chi connectivity index (χ2n) is 9.43. The Balaban J connectivity index is 1.44. The van der Waals surface area contributed by atoms with E-state index in [9.17, 15) is 9.59 Å². The fraction of sp³-hybridized carbons (Fsp3) is 0.300. The standard InChI is InChI=1S/C30H32N4O5/c1-19(31-30(36)21-16-25(37-2)28(39-4)26(17-21)38-3)29-32-22-12-6-8-14-24(22)34(29)18-27(35)33-15-9-11-20-10-5-7-13-23(20)33/h5-8,10,12-14,16-17,19H,9,11,15,18H2,1-4H3,(H,31,36). The largest absolute Gasteiger partial charge is 0.493 e. The van der Waals surface area contributed by atoms with Crippen LogP contribution in [0.2, 0.25) is 0 Å². The van der Waals surface area contributed by atoms with E-state index < -0.39 is 6.04 Å². The average molecular weight is 529 g/mol. The molecule has 1 unspecified atom stereocenters. The maximum atomic E-state index is 13.6. The highest BCUT2D eigenvalue weighted by Crippen LogP contribution is 2.38. The van der Waals surface area contributed by atoms with Gasteiger partial charge in [0.1, 0.15) is 12.4 Å². The molecule has 0 saturated heterocycles. The molecule has 202 valence electrons. The number of para-hydroxylation sites is 3. The zero-order chi connectivity index (χ0) is 27.5. The van der Waals surface area contributed by atoms with Gasteiger partial charge in [0, 0.05) is 17.8 Å². The first kappa shape index (κ1) is 26.1. The van der Waals surface area contributed by atoms with E-state index in [-0.39, 0.29) is 18.4 Å². The second-order valence-corrected chi connectivity index (χ2v) is 9.43. The van der Waals surface area contributed by atoms with Crippen molar-refractivity contribution in [2.45, 2.75) is 32.4 Å². The van der Waals surface area contributed by atoms with Gasteiger partial charge in [-0.1, -0.05) is 30.3 Å². The van der Waals surface area contributed by atoms with E-state index in [2.05, 4.69) is 11.4 Å². The lowest BCUT2D eigenvalue weighted by molar-refractivity contribution is -0.119. The minimum Gasteiger partial charge on any atom is -0.493 e. The molecule has 1 atom stereocenters. The number of nitrogens with zero attached hydrogens (tertiary/aromatic N) is 3. The Labute approximate surface area is 227 Å². The van der Waals surface area contributed by atoms with Crippen molar-refractivity contribution in [1.29, 1.82) is 0 Å². The maximum absolute atomic E-state index is 13.6.